The molecule has 9 aromatic carbocycles. The Balaban J connectivity index is 0.000000175. The van der Waals surface area contributed by atoms with Gasteiger partial charge in [-0.15, -0.1) is 39.5 Å². The number of amides is 3. The fourth-order valence-corrected chi connectivity index (χ4v) is 11.8. The molecule has 1 aliphatic carbocycles. The van der Waals surface area contributed by atoms with Gasteiger partial charge in [-0.05, 0) is 194 Å². The summed E-state index contributed by atoms with van der Waals surface area (Å²) in [6.07, 6.45) is -21.1. The number of nitrogens with one attached hydrogen (secondary N) is 4. The number of likely N-dealkylation sites (tertiary alicyclic amines) is 1. The van der Waals surface area contributed by atoms with Gasteiger partial charge in [0, 0.05) is 67.5 Å². The van der Waals surface area contributed by atoms with Crippen molar-refractivity contribution in [3.8, 4) is 17.2 Å². The van der Waals surface area contributed by atoms with Crippen LogP contribution in [0.3, 0.4) is 0 Å². The molecule has 2 atom stereocenters. The molecule has 5 aliphatic rings. The van der Waals surface area contributed by atoms with Crippen molar-refractivity contribution in [3.05, 3.63) is 262 Å². The smallest absolute Gasteiger partial charge is 0.478 e. The molecule has 2 unspecified atom stereocenters. The second-order valence-electron chi connectivity index (χ2n) is 25.8. The topological polar surface area (TPSA) is 243 Å². The Morgan fingerprint density at radius 3 is 1.20 bits per heavy atom. The highest BCUT2D eigenvalue weighted by atomic mass is 19.4. The molecule has 2 spiro atoms. The normalized spacial score (nSPS) is 15.6. The number of nitrogen functional groups attached to an aromatic ring is 2. The number of hydrogen-bond donors (Lipinski definition) is 7. The summed E-state index contributed by atoms with van der Waals surface area (Å²) in [5, 5.41) is 20.0. The summed E-state index contributed by atoms with van der Waals surface area (Å²) in [5.41, 5.74) is 8.68. The van der Waals surface area contributed by atoms with Crippen molar-refractivity contribution in [2.75, 3.05) is 63.4 Å². The first-order valence-electron chi connectivity index (χ1n) is 33.6. The van der Waals surface area contributed by atoms with Crippen molar-refractivity contribution in [2.45, 2.75) is 80.9 Å². The molecule has 14 rings (SSSR count). The summed E-state index contributed by atoms with van der Waals surface area (Å²) in [6, 6.07) is 28.8. The highest BCUT2D eigenvalue weighted by Gasteiger charge is 2.60. The fourth-order valence-electron chi connectivity index (χ4n) is 11.8. The number of nitrogens with zero attached hydrogens (tertiary/aromatic N) is 3. The Hall–Kier alpha value is -12.6. The van der Waals surface area contributed by atoms with Crippen LogP contribution in [0.2, 0.25) is 0 Å². The van der Waals surface area contributed by atoms with E-state index in [-0.39, 0.29) is 62.3 Å². The molecule has 9 N–H and O–H groups in total. The van der Waals surface area contributed by atoms with E-state index in [4.69, 9.17) is 16.6 Å². The summed E-state index contributed by atoms with van der Waals surface area (Å²) >= 11 is 0. The summed E-state index contributed by atoms with van der Waals surface area (Å²) in [7, 11) is 0. The highest BCUT2D eigenvalue weighted by molar-refractivity contribution is 6.14. The number of ether oxygens (including phenoxy) is 3. The van der Waals surface area contributed by atoms with Crippen LogP contribution in [0.25, 0.3) is 0 Å². The van der Waals surface area contributed by atoms with Crippen molar-refractivity contribution < 1.29 is 144 Å². The van der Waals surface area contributed by atoms with Gasteiger partial charge in [-0.3, -0.25) is 33.9 Å². The predicted octanol–water partition coefficient (Wildman–Crippen LogP) is 18.5. The lowest BCUT2D eigenvalue weighted by atomic mass is 9.88. The van der Waals surface area contributed by atoms with E-state index in [9.17, 15) is 125 Å². The number of anilines is 7. The number of ketones is 1. The lowest BCUT2D eigenvalue weighted by Gasteiger charge is -2.59. The zero-order chi connectivity index (χ0) is 86.2. The number of fused-ring (bicyclic) bond motifs is 2. The SMILES string of the molecule is CC(c1ccc(F)c(F)c1)C(F)(F)F.Nc1cc(F)ccc1C(=O)Nc1ccc(OC(F)(F)F)cc1.Nc1cc(F)ccc1C(=O)O.O=C1CCC1.O=C1c2ccc(F)cc2NC2(CN(C(c3ccc(F)c(F)c3)C(F)(F)F)C2)N1c1ccc(OC(F)(F)F)cc1.O=C1c2ccc(F)cc2NC2(CNC2)N1c1ccc(OC(F)(F)F)cc1. The second-order valence-corrected chi connectivity index (χ2v) is 25.8. The van der Waals surface area contributed by atoms with Crippen LogP contribution in [0.5, 0.6) is 17.2 Å². The Bertz CT molecular complexity index is 5100. The Kier molecular flexibility index (Phi) is 26.6. The van der Waals surface area contributed by atoms with E-state index in [1.54, 1.807) is 0 Å². The molecular formula is C76H58F23N9O9. The van der Waals surface area contributed by atoms with Crippen LogP contribution < -0.4 is 56.7 Å². The molecule has 9 aromatic rings. The van der Waals surface area contributed by atoms with Gasteiger partial charge in [-0.2, -0.15) is 26.3 Å². The third kappa shape index (κ3) is 22.7. The van der Waals surface area contributed by atoms with Crippen LogP contribution in [-0.4, -0.2) is 108 Å². The molecule has 622 valence electrons. The number of carboxylic acid groups (broad SMARTS) is 1. The number of rotatable bonds is 11. The van der Waals surface area contributed by atoms with Gasteiger partial charge >= 0.3 is 37.4 Å². The molecule has 3 fully saturated rings. The van der Waals surface area contributed by atoms with Crippen molar-refractivity contribution in [3.63, 3.8) is 0 Å². The molecule has 0 bridgehead atoms. The number of Topliss-reactive ketones (excluding diaryl/α,β-unsaturated/α-hetero) is 1. The molecule has 3 amide bonds. The largest absolute Gasteiger partial charge is 0.573 e. The minimum atomic E-state index is -4.98. The molecular weight excluding hydrogens is 1620 g/mol. The zero-order valence-corrected chi connectivity index (χ0v) is 59.3. The summed E-state index contributed by atoms with van der Waals surface area (Å²) in [5.74, 6) is -13.1. The number of carbonyl (C=O) groups excluding carboxylic acids is 4. The Morgan fingerprint density at radius 2 is 0.838 bits per heavy atom. The molecule has 4 aliphatic heterocycles. The highest BCUT2D eigenvalue weighted by Crippen LogP contribution is 2.49. The lowest BCUT2D eigenvalue weighted by molar-refractivity contribution is -0.275. The van der Waals surface area contributed by atoms with Crippen LogP contribution in [0.15, 0.2) is 182 Å². The van der Waals surface area contributed by atoms with Crippen molar-refractivity contribution in [2.24, 2.45) is 0 Å². The van der Waals surface area contributed by atoms with Crippen LogP contribution in [0.4, 0.5) is 141 Å². The van der Waals surface area contributed by atoms with Crippen LogP contribution in [0, 0.1) is 46.5 Å². The first-order chi connectivity index (χ1) is 54.5. The molecule has 4 heterocycles. The maximum Gasteiger partial charge on any atom is 0.573 e. The molecule has 117 heavy (non-hydrogen) atoms. The van der Waals surface area contributed by atoms with Gasteiger partial charge in [0.2, 0.25) is 0 Å². The van der Waals surface area contributed by atoms with Gasteiger partial charge in [0.15, 0.2) is 23.3 Å². The lowest BCUT2D eigenvalue weighted by Crippen LogP contribution is -2.78. The minimum absolute atomic E-state index is 0.00399. The number of hydrogen-bond acceptors (Lipinski definition) is 14. The Morgan fingerprint density at radius 1 is 0.462 bits per heavy atom. The van der Waals surface area contributed by atoms with Gasteiger partial charge in [0.1, 0.15) is 63.7 Å². The first-order valence-corrected chi connectivity index (χ1v) is 33.6. The van der Waals surface area contributed by atoms with Gasteiger partial charge in [-0.1, -0.05) is 12.1 Å². The number of carbonyl (C=O) groups is 5. The van der Waals surface area contributed by atoms with E-state index in [1.165, 1.54) is 53.4 Å². The van der Waals surface area contributed by atoms with E-state index >= 15 is 0 Å². The maximum absolute atomic E-state index is 14.1. The standard InChI is InChI=1S/C25H16F9N3O2.C17H13F4N3O2.C14H10F4N2O2.C9H7F5.C7H6FNO2.C4H6O/c26-14-2-7-17-20(10-14)35-23(37(22(17)38)15-3-5-16(6-4-15)39-25(32,33)34)11-36(12-23)21(24(29,30)31)13-1-8-18(27)19(28)9-13;18-10-1-6-13-14(7-10)23-16(8-22-9-16)24(15(13)25)11-2-4-12(5-3-11)26-17(19,20)21;15-8-1-6-11(12(19)7-8)13(21)20-9-2-4-10(5-3-9)22-14(16,17)18;1-5(9(12,13)14)6-2-3-7(10)8(11)4-6;8-4-1-2-5(7(10)11)6(9)3-4;5-4-2-1-3-4/h1-10,21,35H,11-12H2;1-7,22-23H,8-9H2;1-7H,19H2,(H,20,21);2-5H,1H3;1-3H,9H2,(H,10,11);1-3H2. The average molecular weight is 1680 g/mol. The van der Waals surface area contributed by atoms with Gasteiger partial charge in [0.05, 0.1) is 39.5 Å². The molecule has 18 nitrogen and oxygen atoms in total. The molecule has 2 saturated heterocycles. The molecule has 41 heteroatoms. The number of benzene rings is 9. The molecule has 0 radical (unpaired) electrons. The third-order valence-corrected chi connectivity index (χ3v) is 17.5. The van der Waals surface area contributed by atoms with E-state index in [0.29, 0.717) is 60.1 Å². The zero-order valence-electron chi connectivity index (χ0n) is 59.3. The van der Waals surface area contributed by atoms with Gasteiger partial charge < -0.3 is 52.1 Å². The average Bonchev–Trinajstić information content (AvgIpc) is 0.719. The number of aromatic carboxylic acids is 1. The van der Waals surface area contributed by atoms with Crippen molar-refractivity contribution >= 4 is 69.3 Å². The van der Waals surface area contributed by atoms with E-state index in [0.717, 1.165) is 145 Å². The summed E-state index contributed by atoms with van der Waals surface area (Å²) in [4.78, 5) is 62.0. The monoisotopic (exact) mass is 1680 g/mol. The number of halogens is 23. The van der Waals surface area contributed by atoms with E-state index in [1.807, 2.05) is 0 Å². The number of carboxylic acids is 1. The molecule has 0 aromatic heterocycles. The predicted molar refractivity (Wildman–Crippen MR) is 374 cm³/mol. The molecule has 1 saturated carbocycles. The van der Waals surface area contributed by atoms with E-state index in [2.05, 4.69) is 35.5 Å². The Labute approximate surface area is 645 Å². The van der Waals surface area contributed by atoms with Gasteiger partial charge in [-0.25, -0.2) is 39.9 Å². The van der Waals surface area contributed by atoms with E-state index < -0.39 is 149 Å². The number of alkyl halides is 15. The first kappa shape index (κ1) is 88.4. The fraction of sp³-hybridized carbons (Fsp3) is 0.224. The summed E-state index contributed by atoms with van der Waals surface area (Å²) in [6.45, 7) is 0.689. The van der Waals surface area contributed by atoms with Crippen LogP contribution in [0.1, 0.15) is 90.7 Å². The number of nitrogens with two attached hydrogens (primary N) is 2. The van der Waals surface area contributed by atoms with Crippen molar-refractivity contribution in [1.29, 1.82) is 0 Å². The second kappa shape index (κ2) is 35.3. The van der Waals surface area contributed by atoms with Crippen LogP contribution >= 0.6 is 0 Å². The van der Waals surface area contributed by atoms with Crippen LogP contribution in [-0.2, 0) is 4.79 Å². The quantitative estimate of drug-likeness (QED) is 0.0470. The van der Waals surface area contributed by atoms with Crippen molar-refractivity contribution in [1.82, 2.24) is 10.2 Å². The summed E-state index contributed by atoms with van der Waals surface area (Å²) < 4.78 is 306. The minimum Gasteiger partial charge on any atom is -0.478 e. The maximum atomic E-state index is 14.1. The van der Waals surface area contributed by atoms with Gasteiger partial charge in [0.25, 0.3) is 17.7 Å². The third-order valence-electron chi connectivity index (χ3n) is 17.5.